The molecule has 164 valence electrons. The van der Waals surface area contributed by atoms with Gasteiger partial charge in [-0.25, -0.2) is 0 Å². The molecule has 1 aliphatic heterocycles. The van der Waals surface area contributed by atoms with Gasteiger partial charge in [0.05, 0.1) is 12.5 Å². The molecule has 1 aromatic heterocycles. The predicted molar refractivity (Wildman–Crippen MR) is 109 cm³/mol. The molecule has 0 aliphatic carbocycles. The Kier molecular flexibility index (Phi) is 6.99. The molecule has 0 spiro atoms. The summed E-state index contributed by atoms with van der Waals surface area (Å²) in [6.07, 6.45) is -4.50. The fourth-order valence-corrected chi connectivity index (χ4v) is 4.03. The highest BCUT2D eigenvalue weighted by Crippen LogP contribution is 2.29. The van der Waals surface area contributed by atoms with E-state index in [1.165, 1.54) is 4.68 Å². The van der Waals surface area contributed by atoms with E-state index < -0.39 is 17.8 Å². The van der Waals surface area contributed by atoms with Gasteiger partial charge < -0.3 is 4.90 Å². The molecule has 1 saturated heterocycles. The summed E-state index contributed by atoms with van der Waals surface area (Å²) < 4.78 is 39.8. The average Bonchev–Trinajstić information content (AvgIpc) is 3.05. The first-order valence-corrected chi connectivity index (χ1v) is 10.4. The van der Waals surface area contributed by atoms with Gasteiger partial charge in [0.1, 0.15) is 0 Å². The van der Waals surface area contributed by atoms with Crippen molar-refractivity contribution in [2.75, 3.05) is 26.2 Å². The summed E-state index contributed by atoms with van der Waals surface area (Å²) in [7, 11) is 0. The number of hydrogen-bond acceptors (Lipinski definition) is 3. The molecule has 3 rings (SSSR count). The van der Waals surface area contributed by atoms with Gasteiger partial charge in [-0.15, -0.1) is 0 Å². The van der Waals surface area contributed by atoms with E-state index in [2.05, 4.69) is 10.00 Å². The highest BCUT2D eigenvalue weighted by atomic mass is 35.5. The first-order chi connectivity index (χ1) is 14.1. The van der Waals surface area contributed by atoms with Gasteiger partial charge in [-0.3, -0.25) is 14.4 Å². The molecule has 1 amide bonds. The van der Waals surface area contributed by atoms with E-state index in [9.17, 15) is 18.0 Å². The smallest absolute Gasteiger partial charge is 0.340 e. The van der Waals surface area contributed by atoms with Crippen LogP contribution in [0.5, 0.6) is 0 Å². The molecule has 30 heavy (non-hydrogen) atoms. The molecule has 1 fully saturated rings. The molecule has 1 unspecified atom stereocenters. The van der Waals surface area contributed by atoms with Crippen molar-refractivity contribution in [2.45, 2.75) is 33.1 Å². The molecule has 5 nitrogen and oxygen atoms in total. The van der Waals surface area contributed by atoms with Crippen LogP contribution in [-0.4, -0.2) is 51.7 Å². The third-order valence-electron chi connectivity index (χ3n) is 5.27. The number of amides is 1. The van der Waals surface area contributed by atoms with E-state index >= 15 is 0 Å². The quantitative estimate of drug-likeness (QED) is 0.656. The zero-order valence-electron chi connectivity index (χ0n) is 16.7. The number of nitrogens with zero attached hydrogens (tertiary/aromatic N) is 4. The van der Waals surface area contributed by atoms with E-state index in [1.54, 1.807) is 36.9 Å². The number of halogens is 5. The van der Waals surface area contributed by atoms with Crippen LogP contribution >= 0.6 is 23.2 Å². The topological polar surface area (TPSA) is 41.4 Å². The van der Waals surface area contributed by atoms with Crippen molar-refractivity contribution in [3.63, 3.8) is 0 Å². The lowest BCUT2D eigenvalue weighted by Gasteiger charge is -2.36. The zero-order chi connectivity index (χ0) is 22.1. The fourth-order valence-electron chi connectivity index (χ4n) is 3.52. The minimum Gasteiger partial charge on any atom is -0.340 e. The van der Waals surface area contributed by atoms with Crippen LogP contribution in [0.3, 0.4) is 0 Å². The van der Waals surface area contributed by atoms with E-state index in [0.29, 0.717) is 48.5 Å². The lowest BCUT2D eigenvalue weighted by Crippen LogP contribution is -2.50. The lowest BCUT2D eigenvalue weighted by molar-refractivity contribution is -0.141. The molecule has 0 bridgehead atoms. The van der Waals surface area contributed by atoms with Crippen LogP contribution in [0.2, 0.25) is 10.0 Å². The first-order valence-electron chi connectivity index (χ1n) is 9.62. The number of alkyl halides is 3. The minimum absolute atomic E-state index is 0.0890. The molecule has 10 heteroatoms. The molecule has 0 radical (unpaired) electrons. The summed E-state index contributed by atoms with van der Waals surface area (Å²) in [4.78, 5) is 16.7. The number of carbonyl (C=O) groups is 1. The van der Waals surface area contributed by atoms with Crippen molar-refractivity contribution in [3.05, 3.63) is 51.3 Å². The van der Waals surface area contributed by atoms with Gasteiger partial charge in [0.25, 0.3) is 0 Å². The maximum Gasteiger partial charge on any atom is 0.435 e. The maximum absolute atomic E-state index is 12.8. The summed E-state index contributed by atoms with van der Waals surface area (Å²) in [5.74, 6) is -0.567. The van der Waals surface area contributed by atoms with Gasteiger partial charge in [0.15, 0.2) is 5.69 Å². The SMILES string of the molecule is Cc1cc(C(F)(F)F)nn1CC(C)C(=O)N1CCN(Cc2c(Cl)cccc2Cl)CC1. The van der Waals surface area contributed by atoms with Gasteiger partial charge in [-0.1, -0.05) is 36.2 Å². The Labute approximate surface area is 183 Å². The number of hydrogen-bond donors (Lipinski definition) is 0. The summed E-state index contributed by atoms with van der Waals surface area (Å²) in [6.45, 7) is 6.38. The number of carbonyl (C=O) groups excluding carboxylic acids is 1. The minimum atomic E-state index is -4.50. The second kappa shape index (κ2) is 9.16. The van der Waals surface area contributed by atoms with Crippen LogP contribution in [0.25, 0.3) is 0 Å². The monoisotopic (exact) mass is 462 g/mol. The molecular formula is C20H23Cl2F3N4O. The average molecular weight is 463 g/mol. The molecular weight excluding hydrogens is 440 g/mol. The van der Waals surface area contributed by atoms with Crippen LogP contribution in [0, 0.1) is 12.8 Å². The van der Waals surface area contributed by atoms with Crippen molar-refractivity contribution in [1.29, 1.82) is 0 Å². The Morgan fingerprint density at radius 3 is 2.30 bits per heavy atom. The molecule has 1 atom stereocenters. The number of aromatic nitrogens is 2. The van der Waals surface area contributed by atoms with E-state index in [-0.39, 0.29) is 12.5 Å². The molecule has 2 aromatic rings. The van der Waals surface area contributed by atoms with Gasteiger partial charge >= 0.3 is 6.18 Å². The number of benzene rings is 1. The van der Waals surface area contributed by atoms with Gasteiger partial charge in [-0.05, 0) is 25.1 Å². The van der Waals surface area contributed by atoms with Crippen molar-refractivity contribution in [1.82, 2.24) is 19.6 Å². The second-order valence-corrected chi connectivity index (χ2v) is 8.37. The van der Waals surface area contributed by atoms with Gasteiger partial charge in [0, 0.05) is 54.0 Å². The van der Waals surface area contributed by atoms with E-state index in [4.69, 9.17) is 23.2 Å². The number of rotatable bonds is 5. The Balaban J connectivity index is 1.55. The highest BCUT2D eigenvalue weighted by Gasteiger charge is 2.35. The lowest BCUT2D eigenvalue weighted by atomic mass is 10.1. The molecule has 2 heterocycles. The largest absolute Gasteiger partial charge is 0.435 e. The first kappa shape index (κ1) is 22.9. The van der Waals surface area contributed by atoms with Crippen molar-refractivity contribution >= 4 is 29.1 Å². The third-order valence-corrected chi connectivity index (χ3v) is 5.98. The Morgan fingerprint density at radius 2 is 1.77 bits per heavy atom. The van der Waals surface area contributed by atoms with Crippen LogP contribution < -0.4 is 0 Å². The van der Waals surface area contributed by atoms with Crippen LogP contribution in [0.1, 0.15) is 23.9 Å². The second-order valence-electron chi connectivity index (χ2n) is 7.55. The molecule has 1 aliphatic rings. The Bertz CT molecular complexity index is 888. The third kappa shape index (κ3) is 5.28. The number of aryl methyl sites for hydroxylation is 1. The standard InChI is InChI=1S/C20H23Cl2F3N4O/c1-13(11-29-14(2)10-18(26-29)20(23,24)25)19(30)28-8-6-27(7-9-28)12-15-16(21)4-3-5-17(15)22/h3-5,10,13H,6-9,11-12H2,1-2H3. The predicted octanol–water partition coefficient (Wildman–Crippen LogP) is 4.50. The summed E-state index contributed by atoms with van der Waals surface area (Å²) in [6, 6.07) is 6.39. The van der Waals surface area contributed by atoms with Crippen molar-refractivity contribution < 1.29 is 18.0 Å². The van der Waals surface area contributed by atoms with Crippen molar-refractivity contribution in [3.8, 4) is 0 Å². The van der Waals surface area contributed by atoms with Crippen LogP contribution in [-0.2, 0) is 24.1 Å². The number of piperazine rings is 1. The Morgan fingerprint density at radius 1 is 1.17 bits per heavy atom. The Hall–Kier alpha value is -1.77. The summed E-state index contributed by atoms with van der Waals surface area (Å²) in [5, 5.41) is 4.84. The fraction of sp³-hybridized carbons (Fsp3) is 0.500. The summed E-state index contributed by atoms with van der Waals surface area (Å²) >= 11 is 12.5. The van der Waals surface area contributed by atoms with E-state index in [1.807, 2.05) is 0 Å². The van der Waals surface area contributed by atoms with E-state index in [0.717, 1.165) is 11.6 Å². The zero-order valence-corrected chi connectivity index (χ0v) is 18.2. The molecule has 0 saturated carbocycles. The van der Waals surface area contributed by atoms with Crippen LogP contribution in [0.4, 0.5) is 13.2 Å². The van der Waals surface area contributed by atoms with Crippen molar-refractivity contribution in [2.24, 2.45) is 5.92 Å². The van der Waals surface area contributed by atoms with Gasteiger partial charge in [-0.2, -0.15) is 18.3 Å². The van der Waals surface area contributed by atoms with Gasteiger partial charge in [0.2, 0.25) is 5.91 Å². The normalized spacial score (nSPS) is 16.7. The molecule has 0 N–H and O–H groups in total. The summed E-state index contributed by atoms with van der Waals surface area (Å²) in [5.41, 5.74) is 0.304. The molecule has 1 aromatic carbocycles. The highest BCUT2D eigenvalue weighted by molar-refractivity contribution is 6.35. The van der Waals surface area contributed by atoms with Crippen LogP contribution in [0.15, 0.2) is 24.3 Å². The maximum atomic E-state index is 12.8.